The van der Waals surface area contributed by atoms with Gasteiger partial charge < -0.3 is 5.32 Å². The summed E-state index contributed by atoms with van der Waals surface area (Å²) in [4.78, 5) is 0. The highest BCUT2D eigenvalue weighted by Crippen LogP contribution is 2.11. The van der Waals surface area contributed by atoms with Crippen molar-refractivity contribution in [2.45, 2.75) is 13.8 Å². The van der Waals surface area contributed by atoms with Gasteiger partial charge in [0.15, 0.2) is 0 Å². The lowest BCUT2D eigenvalue weighted by Crippen LogP contribution is -2.02. The maximum Gasteiger partial charge on any atom is 0.0334 e. The minimum Gasteiger partial charge on any atom is -0.388 e. The number of allylic oxidation sites excluding steroid dienone is 9. The third-order valence-corrected chi connectivity index (χ3v) is 2.12. The monoisotopic (exact) mass is 215 g/mol. The Bertz CT molecular complexity index is 352. The van der Waals surface area contributed by atoms with Gasteiger partial charge in [0.05, 0.1) is 0 Å². The molecule has 0 aliphatic heterocycles. The van der Waals surface area contributed by atoms with Gasteiger partial charge >= 0.3 is 0 Å². The van der Waals surface area contributed by atoms with E-state index in [0.29, 0.717) is 0 Å². The molecule has 1 nitrogen and oxygen atoms in total. The Labute approximate surface area is 99.3 Å². The van der Waals surface area contributed by atoms with Crippen LogP contribution in [0.2, 0.25) is 0 Å². The van der Waals surface area contributed by atoms with Crippen LogP contribution >= 0.6 is 0 Å². The summed E-state index contributed by atoms with van der Waals surface area (Å²) in [6.07, 6.45) is 13.7. The van der Waals surface area contributed by atoms with E-state index in [1.807, 2.05) is 44.4 Å². The van der Waals surface area contributed by atoms with Crippen molar-refractivity contribution in [1.29, 1.82) is 0 Å². The standard InChI is InChI=1S/C15H21N/c1-6-9-14(8-3)13(4)11-12-15(16-5)10-7-2/h6-12,16H,1,3H2,2,4-5H3/b10-7-,13-11+,14-9+,15-12+. The first kappa shape index (κ1) is 14.2. The Hall–Kier alpha value is -1.76. The maximum atomic E-state index is 3.78. The number of rotatable bonds is 6. The van der Waals surface area contributed by atoms with Crippen molar-refractivity contribution in [2.75, 3.05) is 7.05 Å². The van der Waals surface area contributed by atoms with E-state index in [-0.39, 0.29) is 0 Å². The molecule has 0 unspecified atom stereocenters. The molecule has 0 aromatic rings. The van der Waals surface area contributed by atoms with Gasteiger partial charge in [0.1, 0.15) is 0 Å². The average Bonchev–Trinajstić information content (AvgIpc) is 2.30. The van der Waals surface area contributed by atoms with Crippen LogP contribution in [-0.4, -0.2) is 7.05 Å². The molecule has 0 heterocycles. The van der Waals surface area contributed by atoms with Crippen molar-refractivity contribution in [3.05, 3.63) is 72.5 Å². The minimum atomic E-state index is 1.07. The van der Waals surface area contributed by atoms with Gasteiger partial charge in [-0.25, -0.2) is 0 Å². The first-order valence-corrected chi connectivity index (χ1v) is 5.34. The fourth-order valence-corrected chi connectivity index (χ4v) is 1.20. The van der Waals surface area contributed by atoms with Gasteiger partial charge in [0, 0.05) is 12.7 Å². The number of hydrogen-bond acceptors (Lipinski definition) is 1. The molecule has 0 radical (unpaired) electrons. The van der Waals surface area contributed by atoms with E-state index in [2.05, 4.69) is 31.5 Å². The van der Waals surface area contributed by atoms with Crippen LogP contribution in [0.25, 0.3) is 0 Å². The van der Waals surface area contributed by atoms with Gasteiger partial charge in [-0.1, -0.05) is 43.5 Å². The van der Waals surface area contributed by atoms with Crippen LogP contribution in [-0.2, 0) is 0 Å². The molecule has 0 atom stereocenters. The summed E-state index contributed by atoms with van der Waals surface area (Å²) in [6.45, 7) is 11.5. The molecule has 0 spiro atoms. The Morgan fingerprint density at radius 2 is 1.81 bits per heavy atom. The highest BCUT2D eigenvalue weighted by atomic mass is 14.8. The fraction of sp³-hybridized carbons (Fsp3) is 0.200. The topological polar surface area (TPSA) is 12.0 Å². The summed E-state index contributed by atoms with van der Waals surface area (Å²) in [7, 11) is 1.91. The lowest BCUT2D eigenvalue weighted by molar-refractivity contribution is 1.03. The van der Waals surface area contributed by atoms with Crippen molar-refractivity contribution in [1.82, 2.24) is 5.32 Å². The summed E-state index contributed by atoms with van der Waals surface area (Å²) in [5.41, 5.74) is 3.32. The van der Waals surface area contributed by atoms with Crippen LogP contribution in [0.1, 0.15) is 13.8 Å². The van der Waals surface area contributed by atoms with Crippen LogP contribution < -0.4 is 5.32 Å². The molecule has 0 fully saturated rings. The summed E-state index contributed by atoms with van der Waals surface area (Å²) < 4.78 is 0. The first-order chi connectivity index (χ1) is 7.69. The molecule has 0 aromatic carbocycles. The molecule has 0 aliphatic rings. The zero-order chi connectivity index (χ0) is 12.4. The quantitative estimate of drug-likeness (QED) is 0.662. The predicted molar refractivity (Wildman–Crippen MR) is 74.2 cm³/mol. The Morgan fingerprint density at radius 3 is 2.25 bits per heavy atom. The second-order valence-corrected chi connectivity index (χ2v) is 3.28. The third-order valence-electron chi connectivity index (χ3n) is 2.12. The Balaban J connectivity index is 4.95. The van der Waals surface area contributed by atoms with E-state index in [1.165, 1.54) is 0 Å². The maximum absolute atomic E-state index is 3.78. The van der Waals surface area contributed by atoms with Crippen LogP contribution in [0, 0.1) is 0 Å². The highest BCUT2D eigenvalue weighted by molar-refractivity contribution is 5.42. The van der Waals surface area contributed by atoms with E-state index in [9.17, 15) is 0 Å². The van der Waals surface area contributed by atoms with Gasteiger partial charge in [0.2, 0.25) is 0 Å². The minimum absolute atomic E-state index is 1.07. The van der Waals surface area contributed by atoms with Crippen molar-refractivity contribution in [3.8, 4) is 0 Å². The zero-order valence-corrected chi connectivity index (χ0v) is 10.5. The van der Waals surface area contributed by atoms with E-state index in [1.54, 1.807) is 6.08 Å². The Kier molecular flexibility index (Phi) is 7.60. The molecule has 86 valence electrons. The second-order valence-electron chi connectivity index (χ2n) is 3.28. The van der Waals surface area contributed by atoms with Crippen molar-refractivity contribution in [3.63, 3.8) is 0 Å². The molecule has 0 amide bonds. The first-order valence-electron chi connectivity index (χ1n) is 5.34. The molecule has 0 saturated carbocycles. The van der Waals surface area contributed by atoms with Crippen molar-refractivity contribution in [2.24, 2.45) is 0 Å². The number of likely N-dealkylation sites (N-methyl/N-ethyl adjacent to an activating group) is 1. The SMILES string of the molecule is C=C/C=C(C=C)/C(C)=C/C=C(\C=C/C)NC. The Morgan fingerprint density at radius 1 is 1.12 bits per heavy atom. The number of nitrogens with one attached hydrogen (secondary N) is 1. The second kappa shape index (κ2) is 8.54. The molecular formula is C15H21N. The van der Waals surface area contributed by atoms with Gasteiger partial charge in [-0.2, -0.15) is 0 Å². The number of hydrogen-bond donors (Lipinski definition) is 1. The van der Waals surface area contributed by atoms with E-state index in [0.717, 1.165) is 16.8 Å². The molecule has 0 aliphatic carbocycles. The summed E-state index contributed by atoms with van der Waals surface area (Å²) in [5, 5.41) is 3.11. The van der Waals surface area contributed by atoms with Crippen LogP contribution in [0.5, 0.6) is 0 Å². The molecule has 0 aromatic heterocycles. The van der Waals surface area contributed by atoms with Gasteiger partial charge in [-0.3, -0.25) is 0 Å². The van der Waals surface area contributed by atoms with E-state index < -0.39 is 0 Å². The summed E-state index contributed by atoms with van der Waals surface area (Å²) in [6, 6.07) is 0. The molecule has 1 heteroatoms. The largest absolute Gasteiger partial charge is 0.388 e. The summed E-state index contributed by atoms with van der Waals surface area (Å²) in [5.74, 6) is 0. The third kappa shape index (κ3) is 5.20. The molecule has 0 bridgehead atoms. The molecule has 16 heavy (non-hydrogen) atoms. The normalized spacial score (nSPS) is 14.1. The van der Waals surface area contributed by atoms with Crippen LogP contribution in [0.15, 0.2) is 72.5 Å². The van der Waals surface area contributed by atoms with Gasteiger partial charge in [0.25, 0.3) is 0 Å². The highest BCUT2D eigenvalue weighted by Gasteiger charge is 1.92. The van der Waals surface area contributed by atoms with Crippen molar-refractivity contribution >= 4 is 0 Å². The molecule has 0 saturated heterocycles. The zero-order valence-electron chi connectivity index (χ0n) is 10.5. The average molecular weight is 215 g/mol. The van der Waals surface area contributed by atoms with Crippen LogP contribution in [0.4, 0.5) is 0 Å². The molecular weight excluding hydrogens is 194 g/mol. The smallest absolute Gasteiger partial charge is 0.0334 e. The van der Waals surface area contributed by atoms with Gasteiger partial charge in [-0.15, -0.1) is 0 Å². The molecule has 0 rings (SSSR count). The fourth-order valence-electron chi connectivity index (χ4n) is 1.20. The van der Waals surface area contributed by atoms with E-state index in [4.69, 9.17) is 0 Å². The predicted octanol–water partition coefficient (Wildman–Crippen LogP) is 3.91. The molecule has 1 N–H and O–H groups in total. The lowest BCUT2D eigenvalue weighted by atomic mass is 10.1. The van der Waals surface area contributed by atoms with Gasteiger partial charge in [-0.05, 0) is 37.1 Å². The van der Waals surface area contributed by atoms with Crippen molar-refractivity contribution < 1.29 is 0 Å². The summed E-state index contributed by atoms with van der Waals surface area (Å²) >= 11 is 0. The van der Waals surface area contributed by atoms with Crippen LogP contribution in [0.3, 0.4) is 0 Å². The lowest BCUT2D eigenvalue weighted by Gasteiger charge is -2.01. The van der Waals surface area contributed by atoms with E-state index >= 15 is 0 Å².